The van der Waals surface area contributed by atoms with Crippen LogP contribution in [-0.4, -0.2) is 61.9 Å². The van der Waals surface area contributed by atoms with Crippen LogP contribution in [-0.2, 0) is 14.6 Å². The number of likely N-dealkylation sites (tertiary alicyclic amines) is 1. The summed E-state index contributed by atoms with van der Waals surface area (Å²) >= 11 is 0. The Bertz CT molecular complexity index is 409. The third kappa shape index (κ3) is 2.97. The molecule has 2 rings (SSSR count). The topological polar surface area (TPSA) is 92.5 Å². The molecular weight excluding hydrogens is 242 g/mol. The maximum Gasteiger partial charge on any atom is 0.217 e. The Labute approximate surface area is 101 Å². The average molecular weight is 261 g/mol. The Hall–Kier alpha value is -0.660. The molecule has 3 unspecified atom stereocenters. The second-order valence-corrected chi connectivity index (χ2v) is 7.14. The van der Waals surface area contributed by atoms with Crippen LogP contribution in [0, 0.1) is 0 Å². The average Bonchev–Trinajstić information content (AvgIpc) is 2.69. The molecule has 0 aromatic heterocycles. The molecule has 3 atom stereocenters. The maximum absolute atomic E-state index is 11.5. The Morgan fingerprint density at radius 2 is 2.12 bits per heavy atom. The van der Waals surface area contributed by atoms with Crippen LogP contribution in [0.5, 0.6) is 0 Å². The van der Waals surface area contributed by atoms with Gasteiger partial charge in [0, 0.05) is 38.1 Å². The van der Waals surface area contributed by atoms with Gasteiger partial charge in [0.15, 0.2) is 9.84 Å². The van der Waals surface area contributed by atoms with E-state index in [2.05, 4.69) is 10.2 Å². The summed E-state index contributed by atoms with van der Waals surface area (Å²) in [5.74, 6) is 0.195. The second kappa shape index (κ2) is 4.55. The minimum absolute atomic E-state index is 0.0415. The molecule has 17 heavy (non-hydrogen) atoms. The van der Waals surface area contributed by atoms with Crippen molar-refractivity contribution in [1.82, 2.24) is 10.2 Å². The van der Waals surface area contributed by atoms with Gasteiger partial charge in [-0.15, -0.1) is 0 Å². The van der Waals surface area contributed by atoms with E-state index >= 15 is 0 Å². The van der Waals surface area contributed by atoms with E-state index in [0.29, 0.717) is 6.54 Å². The second-order valence-electron chi connectivity index (χ2n) is 4.99. The van der Waals surface area contributed by atoms with Crippen molar-refractivity contribution < 1.29 is 13.2 Å². The highest BCUT2D eigenvalue weighted by molar-refractivity contribution is 7.91. The lowest BCUT2D eigenvalue weighted by atomic mass is 10.1. The Kier molecular flexibility index (Phi) is 3.42. The van der Waals surface area contributed by atoms with Gasteiger partial charge in [0.05, 0.1) is 11.5 Å². The zero-order chi connectivity index (χ0) is 12.6. The maximum atomic E-state index is 11.5. The first-order valence-corrected chi connectivity index (χ1v) is 7.67. The number of rotatable bonds is 2. The SMILES string of the molecule is CC(=O)NC1CCN(C2CS(=O)(=O)CC2N)C1. The number of hydrogen-bond donors (Lipinski definition) is 2. The third-order valence-electron chi connectivity index (χ3n) is 3.46. The number of amides is 1. The lowest BCUT2D eigenvalue weighted by Crippen LogP contribution is -2.47. The van der Waals surface area contributed by atoms with Crippen LogP contribution < -0.4 is 11.1 Å². The van der Waals surface area contributed by atoms with E-state index in [1.807, 2.05) is 0 Å². The van der Waals surface area contributed by atoms with Gasteiger partial charge in [-0.2, -0.15) is 0 Å². The van der Waals surface area contributed by atoms with Gasteiger partial charge in [-0.1, -0.05) is 0 Å². The number of hydrogen-bond acceptors (Lipinski definition) is 5. The predicted octanol–water partition coefficient (Wildman–Crippen LogP) is -1.68. The Morgan fingerprint density at radius 3 is 2.65 bits per heavy atom. The summed E-state index contributed by atoms with van der Waals surface area (Å²) in [5.41, 5.74) is 5.87. The zero-order valence-electron chi connectivity index (χ0n) is 9.93. The largest absolute Gasteiger partial charge is 0.352 e. The summed E-state index contributed by atoms with van der Waals surface area (Å²) in [7, 11) is -2.98. The molecule has 7 heteroatoms. The molecule has 2 fully saturated rings. The molecule has 3 N–H and O–H groups in total. The van der Waals surface area contributed by atoms with E-state index in [1.54, 1.807) is 0 Å². The first kappa shape index (κ1) is 12.8. The van der Waals surface area contributed by atoms with Crippen LogP contribution in [0.2, 0.25) is 0 Å². The quantitative estimate of drug-likeness (QED) is 0.619. The van der Waals surface area contributed by atoms with Gasteiger partial charge in [0.2, 0.25) is 5.91 Å². The fourth-order valence-electron chi connectivity index (χ4n) is 2.73. The minimum Gasteiger partial charge on any atom is -0.352 e. The molecule has 0 radical (unpaired) electrons. The minimum atomic E-state index is -2.98. The van der Waals surface area contributed by atoms with Crippen molar-refractivity contribution >= 4 is 15.7 Å². The molecule has 0 spiro atoms. The zero-order valence-corrected chi connectivity index (χ0v) is 10.7. The molecule has 0 aromatic carbocycles. The van der Waals surface area contributed by atoms with E-state index in [4.69, 9.17) is 5.73 Å². The smallest absolute Gasteiger partial charge is 0.217 e. The van der Waals surface area contributed by atoms with E-state index in [1.165, 1.54) is 6.92 Å². The van der Waals surface area contributed by atoms with Crippen LogP contribution in [0.4, 0.5) is 0 Å². The summed E-state index contributed by atoms with van der Waals surface area (Å²) in [5, 5.41) is 2.86. The van der Waals surface area contributed by atoms with Crippen molar-refractivity contribution in [2.24, 2.45) is 5.73 Å². The summed E-state index contributed by atoms with van der Waals surface area (Å²) < 4.78 is 23.0. The fourth-order valence-corrected chi connectivity index (χ4v) is 4.65. The molecule has 2 aliphatic heterocycles. The van der Waals surface area contributed by atoms with E-state index in [0.717, 1.165) is 13.0 Å². The first-order chi connectivity index (χ1) is 7.87. The molecule has 98 valence electrons. The van der Waals surface area contributed by atoms with Crippen molar-refractivity contribution in [2.45, 2.75) is 31.5 Å². The van der Waals surface area contributed by atoms with Gasteiger partial charge in [-0.05, 0) is 6.42 Å². The van der Waals surface area contributed by atoms with Crippen LogP contribution in [0.15, 0.2) is 0 Å². The molecule has 0 aliphatic carbocycles. The lowest BCUT2D eigenvalue weighted by molar-refractivity contribution is -0.119. The molecule has 0 saturated carbocycles. The van der Waals surface area contributed by atoms with Crippen molar-refractivity contribution in [3.63, 3.8) is 0 Å². The Balaban J connectivity index is 1.95. The highest BCUT2D eigenvalue weighted by Crippen LogP contribution is 2.21. The molecule has 2 saturated heterocycles. The van der Waals surface area contributed by atoms with Crippen molar-refractivity contribution in [3.8, 4) is 0 Å². The summed E-state index contributed by atoms with van der Waals surface area (Å²) in [4.78, 5) is 13.0. The van der Waals surface area contributed by atoms with Crippen LogP contribution >= 0.6 is 0 Å². The number of nitrogens with one attached hydrogen (secondary N) is 1. The predicted molar refractivity (Wildman–Crippen MR) is 64.2 cm³/mol. The molecule has 1 amide bonds. The number of nitrogens with zero attached hydrogens (tertiary/aromatic N) is 1. The van der Waals surface area contributed by atoms with Crippen molar-refractivity contribution in [1.29, 1.82) is 0 Å². The van der Waals surface area contributed by atoms with Gasteiger partial charge in [-0.25, -0.2) is 8.42 Å². The molecule has 2 heterocycles. The Morgan fingerprint density at radius 1 is 1.41 bits per heavy atom. The fraction of sp³-hybridized carbons (Fsp3) is 0.900. The molecule has 6 nitrogen and oxygen atoms in total. The van der Waals surface area contributed by atoms with Gasteiger partial charge in [0.25, 0.3) is 0 Å². The van der Waals surface area contributed by atoms with Crippen molar-refractivity contribution in [3.05, 3.63) is 0 Å². The third-order valence-corrected chi connectivity index (χ3v) is 5.20. The molecule has 2 aliphatic rings. The van der Waals surface area contributed by atoms with Crippen LogP contribution in [0.1, 0.15) is 13.3 Å². The molecule has 0 aromatic rings. The highest BCUT2D eigenvalue weighted by atomic mass is 32.2. The highest BCUT2D eigenvalue weighted by Gasteiger charge is 2.41. The van der Waals surface area contributed by atoms with Crippen LogP contribution in [0.3, 0.4) is 0 Å². The number of sulfone groups is 1. The molecule has 0 bridgehead atoms. The summed E-state index contributed by atoms with van der Waals surface area (Å²) in [6.45, 7) is 3.00. The lowest BCUT2D eigenvalue weighted by Gasteiger charge is -2.26. The van der Waals surface area contributed by atoms with Gasteiger partial charge >= 0.3 is 0 Å². The summed E-state index contributed by atoms with van der Waals surface area (Å²) in [6, 6.07) is -0.252. The van der Waals surface area contributed by atoms with Gasteiger partial charge in [0.1, 0.15) is 0 Å². The first-order valence-electron chi connectivity index (χ1n) is 5.84. The standard InChI is InChI=1S/C10H19N3O3S/c1-7(14)12-8-2-3-13(4-8)10-6-17(15,16)5-9(10)11/h8-10H,2-6,11H2,1H3,(H,12,14). The summed E-state index contributed by atoms with van der Waals surface area (Å²) in [6.07, 6.45) is 0.864. The monoisotopic (exact) mass is 261 g/mol. The number of carbonyl (C=O) groups is 1. The van der Waals surface area contributed by atoms with Crippen molar-refractivity contribution in [2.75, 3.05) is 24.6 Å². The number of carbonyl (C=O) groups excluding carboxylic acids is 1. The van der Waals surface area contributed by atoms with Gasteiger partial charge in [-0.3, -0.25) is 9.69 Å². The van der Waals surface area contributed by atoms with E-state index in [-0.39, 0.29) is 35.5 Å². The van der Waals surface area contributed by atoms with E-state index in [9.17, 15) is 13.2 Å². The molecular formula is C10H19N3O3S. The normalized spacial score (nSPS) is 37.2. The number of nitrogens with two attached hydrogens (primary N) is 1. The van der Waals surface area contributed by atoms with Crippen LogP contribution in [0.25, 0.3) is 0 Å². The van der Waals surface area contributed by atoms with E-state index < -0.39 is 9.84 Å². The van der Waals surface area contributed by atoms with Gasteiger partial charge < -0.3 is 11.1 Å².